The Labute approximate surface area is 175 Å². The molecule has 0 saturated heterocycles. The fourth-order valence-electron chi connectivity index (χ4n) is 2.35. The number of β-amino-alcohol motifs (C(OH)–C–C–N with tert-alkyl or cyclic N) is 1. The van der Waals surface area contributed by atoms with Crippen LogP contribution in [0.15, 0.2) is 65.6 Å². The average Bonchev–Trinajstić information content (AvgIpc) is 2.64. The first kappa shape index (κ1) is 21.7. The van der Waals surface area contributed by atoms with Gasteiger partial charge in [-0.2, -0.15) is 0 Å². The van der Waals surface area contributed by atoms with E-state index < -0.39 is 6.10 Å². The summed E-state index contributed by atoms with van der Waals surface area (Å²) in [5, 5.41) is 13.6. The van der Waals surface area contributed by atoms with Crippen LogP contribution in [0.5, 0.6) is 5.75 Å². The van der Waals surface area contributed by atoms with Crippen molar-refractivity contribution in [3.63, 3.8) is 0 Å². The first-order valence-corrected chi connectivity index (χ1v) is 10.1. The topological polar surface area (TPSA) is 57.1 Å². The zero-order valence-electron chi connectivity index (χ0n) is 16.1. The predicted molar refractivity (Wildman–Crippen MR) is 120 cm³/mol. The molecule has 2 N–H and O–H groups in total. The maximum atomic E-state index is 10.2. The van der Waals surface area contributed by atoms with Crippen molar-refractivity contribution in [2.24, 2.45) is 4.99 Å². The Balaban J connectivity index is 1.72. The Kier molecular flexibility index (Phi) is 8.53. The summed E-state index contributed by atoms with van der Waals surface area (Å²) >= 11 is 2.22. The van der Waals surface area contributed by atoms with Gasteiger partial charge in [0, 0.05) is 38.0 Å². The standard InChI is InChI=1S/C21H28IN3O2/c1-21(2,11-12-23-14-17-8-6-7-13-25(17)3)24-15-18(26)16-27-20-10-5-4-9-19(20)22/h4-10,12-14,18,24,26H,11,15-16H2,1-3H3/b17-14-,23-12?. The minimum Gasteiger partial charge on any atom is -0.490 e. The molecule has 1 aromatic carbocycles. The summed E-state index contributed by atoms with van der Waals surface area (Å²) in [4.78, 5) is 6.42. The van der Waals surface area contributed by atoms with Crippen molar-refractivity contribution < 1.29 is 9.84 Å². The molecular formula is C21H28IN3O2. The largest absolute Gasteiger partial charge is 0.490 e. The van der Waals surface area contributed by atoms with Gasteiger partial charge in [0.1, 0.15) is 18.5 Å². The lowest BCUT2D eigenvalue weighted by atomic mass is 10.0. The van der Waals surface area contributed by atoms with Gasteiger partial charge in [-0.15, -0.1) is 0 Å². The highest BCUT2D eigenvalue weighted by molar-refractivity contribution is 14.1. The smallest absolute Gasteiger partial charge is 0.132 e. The Hall–Kier alpha value is -1.64. The van der Waals surface area contributed by atoms with Gasteiger partial charge in [-0.3, -0.25) is 4.99 Å². The van der Waals surface area contributed by atoms with Gasteiger partial charge in [-0.25, -0.2) is 0 Å². The molecule has 1 atom stereocenters. The van der Waals surface area contributed by atoms with Crippen molar-refractivity contribution in [1.82, 2.24) is 10.2 Å². The molecule has 6 heteroatoms. The molecule has 0 amide bonds. The third-order valence-electron chi connectivity index (χ3n) is 4.09. The molecule has 2 rings (SSSR count). The predicted octanol–water partition coefficient (Wildman–Crippen LogP) is 3.72. The van der Waals surface area contributed by atoms with Gasteiger partial charge in [0.2, 0.25) is 0 Å². The number of aliphatic hydroxyl groups excluding tert-OH is 1. The highest BCUT2D eigenvalue weighted by Crippen LogP contribution is 2.19. The molecule has 1 heterocycles. The van der Waals surface area contributed by atoms with Crippen molar-refractivity contribution in [2.75, 3.05) is 20.2 Å². The summed E-state index contributed by atoms with van der Waals surface area (Å²) < 4.78 is 6.73. The molecular weight excluding hydrogens is 453 g/mol. The van der Waals surface area contributed by atoms with Crippen LogP contribution in [0.4, 0.5) is 0 Å². The van der Waals surface area contributed by atoms with Crippen molar-refractivity contribution in [2.45, 2.75) is 31.9 Å². The number of nitrogens with one attached hydrogen (secondary N) is 1. The van der Waals surface area contributed by atoms with Crippen LogP contribution in [0, 0.1) is 3.57 Å². The number of allylic oxidation sites excluding steroid dienone is 3. The molecule has 1 aromatic rings. The minimum absolute atomic E-state index is 0.168. The molecule has 146 valence electrons. The molecule has 1 unspecified atom stereocenters. The maximum Gasteiger partial charge on any atom is 0.132 e. The van der Waals surface area contributed by atoms with Crippen LogP contribution in [0.2, 0.25) is 0 Å². The van der Waals surface area contributed by atoms with Gasteiger partial charge in [-0.1, -0.05) is 18.2 Å². The molecule has 5 nitrogen and oxygen atoms in total. The van der Waals surface area contributed by atoms with Crippen LogP contribution in [-0.4, -0.2) is 48.1 Å². The van der Waals surface area contributed by atoms with Crippen LogP contribution >= 0.6 is 22.6 Å². The summed E-state index contributed by atoms with van der Waals surface area (Å²) in [6.07, 6.45) is 11.9. The SMILES string of the molecule is CN1C=CC=C/C1=C/N=CCC(C)(C)NCC(O)COc1ccccc1I. The van der Waals surface area contributed by atoms with E-state index in [0.29, 0.717) is 6.54 Å². The highest BCUT2D eigenvalue weighted by Gasteiger charge is 2.17. The monoisotopic (exact) mass is 481 g/mol. The van der Waals surface area contributed by atoms with Crippen molar-refractivity contribution in [3.8, 4) is 5.75 Å². The summed E-state index contributed by atoms with van der Waals surface area (Å²) in [5.41, 5.74) is 0.876. The Bertz CT molecular complexity index is 726. The molecule has 0 bridgehead atoms. The van der Waals surface area contributed by atoms with Crippen molar-refractivity contribution in [3.05, 3.63) is 64.2 Å². The number of rotatable bonds is 9. The third kappa shape index (κ3) is 7.86. The van der Waals surface area contributed by atoms with E-state index in [-0.39, 0.29) is 12.1 Å². The van der Waals surface area contributed by atoms with Gasteiger partial charge in [0.05, 0.1) is 15.5 Å². The number of likely N-dealkylation sites (N-methyl/N-ethyl adjacent to an activating group) is 1. The number of hydrogen-bond donors (Lipinski definition) is 2. The number of para-hydroxylation sites is 1. The normalized spacial score (nSPS) is 17.1. The molecule has 0 saturated carbocycles. The van der Waals surface area contributed by atoms with E-state index in [1.165, 1.54) is 0 Å². The number of halogens is 1. The number of benzene rings is 1. The third-order valence-corrected chi connectivity index (χ3v) is 4.98. The number of aliphatic hydroxyl groups is 1. The number of nitrogens with zero attached hydrogens (tertiary/aromatic N) is 2. The summed E-state index contributed by atoms with van der Waals surface area (Å²) in [7, 11) is 1.99. The first-order valence-electron chi connectivity index (χ1n) is 8.97. The second-order valence-electron chi connectivity index (χ2n) is 7.06. The number of aliphatic imine (C=N–C) groups is 1. The van der Waals surface area contributed by atoms with Gasteiger partial charge < -0.3 is 20.1 Å². The maximum absolute atomic E-state index is 10.2. The van der Waals surface area contributed by atoms with E-state index in [0.717, 1.165) is 21.4 Å². The summed E-state index contributed by atoms with van der Waals surface area (Å²) in [5.74, 6) is 0.799. The van der Waals surface area contributed by atoms with E-state index >= 15 is 0 Å². The lowest BCUT2D eigenvalue weighted by Crippen LogP contribution is -2.45. The number of hydrogen-bond acceptors (Lipinski definition) is 5. The molecule has 0 radical (unpaired) electrons. The lowest BCUT2D eigenvalue weighted by Gasteiger charge is -2.26. The van der Waals surface area contributed by atoms with Crippen LogP contribution in [0.1, 0.15) is 20.3 Å². The molecule has 1 aliphatic rings. The fourth-order valence-corrected chi connectivity index (χ4v) is 2.90. The van der Waals surface area contributed by atoms with E-state index in [1.807, 2.05) is 73.1 Å². The number of ether oxygens (including phenoxy) is 1. The first-order chi connectivity index (χ1) is 12.9. The van der Waals surface area contributed by atoms with Gasteiger partial charge in [-0.05, 0) is 60.7 Å². The van der Waals surface area contributed by atoms with E-state index in [4.69, 9.17) is 4.74 Å². The van der Waals surface area contributed by atoms with Gasteiger partial charge in [0.15, 0.2) is 0 Å². The average molecular weight is 481 g/mol. The van der Waals surface area contributed by atoms with Crippen molar-refractivity contribution >= 4 is 28.8 Å². The Morgan fingerprint density at radius 2 is 2.11 bits per heavy atom. The summed E-state index contributed by atoms with van der Waals surface area (Å²) in [6.45, 7) is 4.90. The Morgan fingerprint density at radius 1 is 1.33 bits per heavy atom. The van der Waals surface area contributed by atoms with Crippen LogP contribution < -0.4 is 10.1 Å². The zero-order chi connectivity index (χ0) is 19.7. The van der Waals surface area contributed by atoms with Crippen LogP contribution in [0.25, 0.3) is 0 Å². The molecule has 0 aromatic heterocycles. The van der Waals surface area contributed by atoms with Crippen LogP contribution in [0.3, 0.4) is 0 Å². The molecule has 27 heavy (non-hydrogen) atoms. The van der Waals surface area contributed by atoms with Gasteiger partial charge >= 0.3 is 0 Å². The molecule has 1 aliphatic heterocycles. The Morgan fingerprint density at radius 3 is 2.85 bits per heavy atom. The van der Waals surface area contributed by atoms with Gasteiger partial charge in [0.25, 0.3) is 0 Å². The molecule has 0 spiro atoms. The summed E-state index contributed by atoms with van der Waals surface area (Å²) in [6, 6.07) is 7.78. The second kappa shape index (κ2) is 10.6. The zero-order valence-corrected chi connectivity index (χ0v) is 18.3. The minimum atomic E-state index is -0.577. The van der Waals surface area contributed by atoms with E-state index in [1.54, 1.807) is 0 Å². The lowest BCUT2D eigenvalue weighted by molar-refractivity contribution is 0.0990. The highest BCUT2D eigenvalue weighted by atomic mass is 127. The quantitative estimate of drug-likeness (QED) is 0.417. The van der Waals surface area contributed by atoms with Crippen molar-refractivity contribution in [1.29, 1.82) is 0 Å². The fraction of sp³-hybridized carbons (Fsp3) is 0.381. The van der Waals surface area contributed by atoms with Crippen LogP contribution in [-0.2, 0) is 0 Å². The second-order valence-corrected chi connectivity index (χ2v) is 8.22. The molecule has 0 aliphatic carbocycles. The van der Waals surface area contributed by atoms with E-state index in [9.17, 15) is 5.11 Å². The molecule has 0 fully saturated rings. The van der Waals surface area contributed by atoms with E-state index in [2.05, 4.69) is 46.7 Å².